The van der Waals surface area contributed by atoms with Gasteiger partial charge in [0.25, 0.3) is 0 Å². The fourth-order valence-corrected chi connectivity index (χ4v) is 1.79. The maximum absolute atomic E-state index is 11.1. The van der Waals surface area contributed by atoms with Crippen LogP contribution in [0.2, 0.25) is 0 Å². The molecule has 0 saturated carbocycles. The number of nitrogens with zero attached hydrogens (tertiary/aromatic N) is 1. The summed E-state index contributed by atoms with van der Waals surface area (Å²) in [6, 6.07) is 5.19. The average molecular weight is 253 g/mol. The van der Waals surface area contributed by atoms with Crippen molar-refractivity contribution >= 4 is 17.1 Å². The Morgan fingerprint density at radius 3 is 2.67 bits per heavy atom. The van der Waals surface area contributed by atoms with Crippen LogP contribution in [0.4, 0.5) is 17.1 Å². The number of nitro benzene ring substituents is 1. The molecule has 18 heavy (non-hydrogen) atoms. The van der Waals surface area contributed by atoms with E-state index in [1.807, 2.05) is 6.92 Å². The van der Waals surface area contributed by atoms with Gasteiger partial charge in [-0.05, 0) is 31.9 Å². The molecule has 1 aromatic rings. The van der Waals surface area contributed by atoms with Gasteiger partial charge in [-0.2, -0.15) is 0 Å². The molecule has 3 N–H and O–H groups in total. The maximum Gasteiger partial charge on any atom is 0.315 e. The monoisotopic (exact) mass is 253 g/mol. The number of hydrogen-bond acceptors (Lipinski definition) is 5. The minimum absolute atomic E-state index is 0.0517. The molecule has 0 bridgehead atoms. The molecule has 0 aromatic heterocycles. The molecular formula is C12H19N3O3. The summed E-state index contributed by atoms with van der Waals surface area (Å²) in [7, 11) is 1.65. The lowest BCUT2D eigenvalue weighted by Gasteiger charge is -2.15. The van der Waals surface area contributed by atoms with Crippen LogP contribution in [0.5, 0.6) is 0 Å². The Morgan fingerprint density at radius 2 is 2.11 bits per heavy atom. The molecule has 1 rings (SSSR count). The number of aliphatic hydroxyl groups is 1. The van der Waals surface area contributed by atoms with E-state index in [2.05, 4.69) is 10.6 Å². The highest BCUT2D eigenvalue weighted by molar-refractivity contribution is 5.76. The first-order valence-corrected chi connectivity index (χ1v) is 5.92. The van der Waals surface area contributed by atoms with Crippen molar-refractivity contribution in [3.63, 3.8) is 0 Å². The first-order chi connectivity index (χ1) is 8.60. The van der Waals surface area contributed by atoms with Crippen LogP contribution in [-0.2, 0) is 0 Å². The number of nitrogens with one attached hydrogen (secondary N) is 2. The summed E-state index contributed by atoms with van der Waals surface area (Å²) < 4.78 is 0. The molecule has 0 radical (unpaired) electrons. The van der Waals surface area contributed by atoms with Gasteiger partial charge in [-0.15, -0.1) is 0 Å². The van der Waals surface area contributed by atoms with Gasteiger partial charge in [0.05, 0.1) is 4.92 Å². The number of anilines is 2. The van der Waals surface area contributed by atoms with Crippen molar-refractivity contribution in [2.24, 2.45) is 0 Å². The van der Waals surface area contributed by atoms with Crippen molar-refractivity contribution in [2.75, 3.05) is 24.3 Å². The summed E-state index contributed by atoms with van der Waals surface area (Å²) in [6.07, 6.45) is 1.44. The fraction of sp³-hybridized carbons (Fsp3) is 0.500. The highest BCUT2D eigenvalue weighted by Crippen LogP contribution is 2.33. The van der Waals surface area contributed by atoms with Gasteiger partial charge in [0.15, 0.2) is 0 Å². The number of rotatable bonds is 7. The molecule has 0 saturated heterocycles. The van der Waals surface area contributed by atoms with Gasteiger partial charge >= 0.3 is 5.69 Å². The average Bonchev–Trinajstić information content (AvgIpc) is 2.35. The van der Waals surface area contributed by atoms with Crippen molar-refractivity contribution in [1.82, 2.24) is 0 Å². The highest BCUT2D eigenvalue weighted by atomic mass is 16.6. The molecule has 1 aromatic carbocycles. The number of nitro groups is 1. The lowest BCUT2D eigenvalue weighted by atomic mass is 10.1. The Kier molecular flexibility index (Phi) is 5.38. The van der Waals surface area contributed by atoms with Gasteiger partial charge in [-0.1, -0.05) is 6.07 Å². The van der Waals surface area contributed by atoms with Crippen LogP contribution in [-0.4, -0.2) is 29.7 Å². The molecule has 0 amide bonds. The van der Waals surface area contributed by atoms with E-state index in [0.717, 1.165) is 6.42 Å². The fourth-order valence-electron chi connectivity index (χ4n) is 1.79. The minimum Gasteiger partial charge on any atom is -0.396 e. The van der Waals surface area contributed by atoms with Gasteiger partial charge in [0.2, 0.25) is 0 Å². The molecule has 0 aliphatic heterocycles. The Hall–Kier alpha value is -1.82. The second kappa shape index (κ2) is 6.80. The van der Waals surface area contributed by atoms with Crippen molar-refractivity contribution in [1.29, 1.82) is 0 Å². The summed E-state index contributed by atoms with van der Waals surface area (Å²) in [5, 5.41) is 25.8. The van der Waals surface area contributed by atoms with Crippen LogP contribution in [0.25, 0.3) is 0 Å². The van der Waals surface area contributed by atoms with E-state index in [1.165, 1.54) is 0 Å². The molecule has 0 aliphatic rings. The van der Waals surface area contributed by atoms with Crippen molar-refractivity contribution in [3.8, 4) is 0 Å². The second-order valence-electron chi connectivity index (χ2n) is 4.12. The van der Waals surface area contributed by atoms with E-state index in [9.17, 15) is 10.1 Å². The van der Waals surface area contributed by atoms with E-state index in [4.69, 9.17) is 5.11 Å². The summed E-state index contributed by atoms with van der Waals surface area (Å²) >= 11 is 0. The number of para-hydroxylation sites is 1. The molecule has 100 valence electrons. The van der Waals surface area contributed by atoms with E-state index < -0.39 is 4.92 Å². The third-order valence-electron chi connectivity index (χ3n) is 2.69. The third-order valence-corrected chi connectivity index (χ3v) is 2.69. The highest BCUT2D eigenvalue weighted by Gasteiger charge is 2.19. The van der Waals surface area contributed by atoms with E-state index >= 15 is 0 Å². The first kappa shape index (κ1) is 14.2. The molecule has 0 aliphatic carbocycles. The maximum atomic E-state index is 11.1. The number of benzene rings is 1. The minimum atomic E-state index is -0.396. The summed E-state index contributed by atoms with van der Waals surface area (Å²) in [5.74, 6) is 0. The second-order valence-corrected chi connectivity index (χ2v) is 4.12. The Labute approximate surface area is 106 Å². The zero-order valence-electron chi connectivity index (χ0n) is 10.6. The molecule has 1 unspecified atom stereocenters. The largest absolute Gasteiger partial charge is 0.396 e. The van der Waals surface area contributed by atoms with Crippen LogP contribution in [0.15, 0.2) is 18.2 Å². The SMILES string of the molecule is CNc1cccc(NC(C)CCCO)c1[N+](=O)[O-]. The van der Waals surface area contributed by atoms with Crippen LogP contribution in [0.3, 0.4) is 0 Å². The lowest BCUT2D eigenvalue weighted by molar-refractivity contribution is -0.383. The topological polar surface area (TPSA) is 87.4 Å². The lowest BCUT2D eigenvalue weighted by Crippen LogP contribution is -2.16. The number of hydrogen-bond donors (Lipinski definition) is 3. The molecule has 0 heterocycles. The molecule has 0 fully saturated rings. The van der Waals surface area contributed by atoms with Crippen molar-refractivity contribution < 1.29 is 10.0 Å². The number of aliphatic hydroxyl groups excluding tert-OH is 1. The zero-order chi connectivity index (χ0) is 13.5. The molecule has 1 atom stereocenters. The predicted molar refractivity (Wildman–Crippen MR) is 72.0 cm³/mol. The van der Waals surface area contributed by atoms with Crippen LogP contribution >= 0.6 is 0 Å². The summed E-state index contributed by atoms with van der Waals surface area (Å²) in [5.41, 5.74) is 1.03. The van der Waals surface area contributed by atoms with E-state index in [1.54, 1.807) is 25.2 Å². The Morgan fingerprint density at radius 1 is 1.44 bits per heavy atom. The standard InChI is InChI=1S/C12H19N3O3/c1-9(5-4-8-16)14-11-7-3-6-10(13-2)12(11)15(17)18/h3,6-7,9,13-14,16H,4-5,8H2,1-2H3. The van der Waals surface area contributed by atoms with Crippen molar-refractivity contribution in [3.05, 3.63) is 28.3 Å². The van der Waals surface area contributed by atoms with Crippen LogP contribution in [0.1, 0.15) is 19.8 Å². The summed E-state index contributed by atoms with van der Waals surface area (Å²) in [4.78, 5) is 10.7. The first-order valence-electron chi connectivity index (χ1n) is 5.92. The van der Waals surface area contributed by atoms with Gasteiger partial charge in [-0.3, -0.25) is 10.1 Å². The summed E-state index contributed by atoms with van der Waals surface area (Å²) in [6.45, 7) is 2.07. The molecule has 0 spiro atoms. The van der Waals surface area contributed by atoms with E-state index in [0.29, 0.717) is 17.8 Å². The van der Waals surface area contributed by atoms with Crippen LogP contribution < -0.4 is 10.6 Å². The van der Waals surface area contributed by atoms with Gasteiger partial charge < -0.3 is 15.7 Å². The normalized spacial score (nSPS) is 11.9. The quantitative estimate of drug-likeness (QED) is 0.512. The van der Waals surface area contributed by atoms with Gasteiger partial charge in [0.1, 0.15) is 11.4 Å². The van der Waals surface area contributed by atoms with Crippen LogP contribution in [0, 0.1) is 10.1 Å². The van der Waals surface area contributed by atoms with Gasteiger partial charge in [-0.25, -0.2) is 0 Å². The Balaban J connectivity index is 2.90. The smallest absolute Gasteiger partial charge is 0.315 e. The van der Waals surface area contributed by atoms with E-state index in [-0.39, 0.29) is 18.3 Å². The third kappa shape index (κ3) is 3.59. The molecule has 6 nitrogen and oxygen atoms in total. The predicted octanol–water partition coefficient (Wildman–Crippen LogP) is 2.21. The molecular weight excluding hydrogens is 234 g/mol. The van der Waals surface area contributed by atoms with Gasteiger partial charge in [0, 0.05) is 19.7 Å². The Bertz CT molecular complexity index is 410. The van der Waals surface area contributed by atoms with Crippen molar-refractivity contribution in [2.45, 2.75) is 25.8 Å². The molecule has 6 heteroatoms. The zero-order valence-corrected chi connectivity index (χ0v) is 10.6.